The summed E-state index contributed by atoms with van der Waals surface area (Å²) in [6, 6.07) is 11.5. The average molecular weight is 425 g/mol. The SMILES string of the molecule is CC(C)N1C(=O)c2cccnc2Sc2cc(NC(=O)c3c(F)cccc3F)ccc21. The fourth-order valence-corrected chi connectivity index (χ4v) is 4.32. The summed E-state index contributed by atoms with van der Waals surface area (Å²) in [5, 5.41) is 3.08. The number of hydrogen-bond acceptors (Lipinski definition) is 4. The first kappa shape index (κ1) is 20.0. The van der Waals surface area contributed by atoms with Crippen LogP contribution in [-0.2, 0) is 0 Å². The first-order valence-corrected chi connectivity index (χ1v) is 10.0. The smallest absolute Gasteiger partial charge is 0.261 e. The minimum atomic E-state index is -0.939. The molecule has 30 heavy (non-hydrogen) atoms. The molecule has 2 aromatic carbocycles. The van der Waals surface area contributed by atoms with Crippen LogP contribution in [0.5, 0.6) is 0 Å². The largest absolute Gasteiger partial charge is 0.322 e. The van der Waals surface area contributed by atoms with Gasteiger partial charge >= 0.3 is 0 Å². The molecule has 1 aliphatic heterocycles. The number of benzene rings is 2. The lowest BCUT2D eigenvalue weighted by Crippen LogP contribution is -2.37. The zero-order valence-corrected chi connectivity index (χ0v) is 17.0. The number of carbonyl (C=O) groups is 2. The number of carbonyl (C=O) groups excluding carboxylic acids is 2. The molecule has 0 unspecified atom stereocenters. The summed E-state index contributed by atoms with van der Waals surface area (Å²) < 4.78 is 27.8. The first-order chi connectivity index (χ1) is 14.4. The Bertz CT molecular complexity index is 1150. The summed E-state index contributed by atoms with van der Waals surface area (Å²) in [6.45, 7) is 3.81. The number of amides is 2. The highest BCUT2D eigenvalue weighted by Crippen LogP contribution is 2.42. The lowest BCUT2D eigenvalue weighted by atomic mass is 10.1. The molecule has 4 rings (SSSR count). The minimum Gasteiger partial charge on any atom is -0.322 e. The summed E-state index contributed by atoms with van der Waals surface area (Å²) in [7, 11) is 0. The van der Waals surface area contributed by atoms with Crippen LogP contribution in [0.1, 0.15) is 34.6 Å². The van der Waals surface area contributed by atoms with E-state index >= 15 is 0 Å². The Kier molecular flexibility index (Phi) is 5.26. The van der Waals surface area contributed by atoms with E-state index in [4.69, 9.17) is 0 Å². The first-order valence-electron chi connectivity index (χ1n) is 9.22. The standard InChI is InChI=1S/C22H17F2N3O2S/c1-12(2)27-17-9-8-13(26-20(28)19-15(23)6-3-7-16(19)24)11-18(17)30-21-14(22(27)29)5-4-10-25-21/h3-12H,1-2H3,(H,26,28). The molecule has 0 atom stereocenters. The van der Waals surface area contributed by atoms with Crippen molar-refractivity contribution in [1.82, 2.24) is 4.98 Å². The van der Waals surface area contributed by atoms with Gasteiger partial charge in [0, 0.05) is 22.8 Å². The van der Waals surface area contributed by atoms with Crippen molar-refractivity contribution in [3.63, 3.8) is 0 Å². The lowest BCUT2D eigenvalue weighted by molar-refractivity contribution is 0.0974. The normalized spacial score (nSPS) is 13.0. The molecule has 0 saturated carbocycles. The molecule has 1 N–H and O–H groups in total. The van der Waals surface area contributed by atoms with Crippen molar-refractivity contribution in [2.45, 2.75) is 29.8 Å². The van der Waals surface area contributed by atoms with Crippen LogP contribution in [0.3, 0.4) is 0 Å². The van der Waals surface area contributed by atoms with Crippen molar-refractivity contribution in [2.75, 3.05) is 10.2 Å². The molecule has 8 heteroatoms. The van der Waals surface area contributed by atoms with E-state index in [0.29, 0.717) is 26.9 Å². The molecular weight excluding hydrogens is 408 g/mol. The molecule has 0 bridgehead atoms. The maximum absolute atomic E-state index is 13.9. The number of anilines is 2. The highest BCUT2D eigenvalue weighted by molar-refractivity contribution is 7.99. The van der Waals surface area contributed by atoms with Crippen molar-refractivity contribution >= 4 is 35.0 Å². The summed E-state index contributed by atoms with van der Waals surface area (Å²) in [5.41, 5.74) is 0.870. The summed E-state index contributed by atoms with van der Waals surface area (Å²) in [4.78, 5) is 32.2. The second-order valence-electron chi connectivity index (χ2n) is 6.96. The van der Waals surface area contributed by atoms with E-state index in [1.165, 1.54) is 17.8 Å². The van der Waals surface area contributed by atoms with Gasteiger partial charge in [0.1, 0.15) is 22.2 Å². The Balaban J connectivity index is 1.74. The Morgan fingerprint density at radius 1 is 1.10 bits per heavy atom. The van der Waals surface area contributed by atoms with E-state index in [9.17, 15) is 18.4 Å². The molecule has 0 aliphatic carbocycles. The van der Waals surface area contributed by atoms with E-state index in [2.05, 4.69) is 10.3 Å². The quantitative estimate of drug-likeness (QED) is 0.632. The summed E-state index contributed by atoms with van der Waals surface area (Å²) >= 11 is 1.30. The number of halogens is 2. The Morgan fingerprint density at radius 3 is 2.53 bits per heavy atom. The molecule has 2 amide bonds. The summed E-state index contributed by atoms with van der Waals surface area (Å²) in [6.07, 6.45) is 1.61. The van der Waals surface area contributed by atoms with Gasteiger partial charge in [-0.1, -0.05) is 17.8 Å². The molecule has 2 heterocycles. The van der Waals surface area contributed by atoms with Gasteiger partial charge in [0.15, 0.2) is 0 Å². The highest BCUT2D eigenvalue weighted by atomic mass is 32.2. The number of aromatic nitrogens is 1. The van der Waals surface area contributed by atoms with Gasteiger partial charge in [0.2, 0.25) is 0 Å². The van der Waals surface area contributed by atoms with Gasteiger partial charge in [0.05, 0.1) is 11.3 Å². The number of nitrogens with zero attached hydrogens (tertiary/aromatic N) is 2. The highest BCUT2D eigenvalue weighted by Gasteiger charge is 2.30. The minimum absolute atomic E-state index is 0.115. The van der Waals surface area contributed by atoms with Gasteiger partial charge in [-0.25, -0.2) is 13.8 Å². The van der Waals surface area contributed by atoms with Crippen LogP contribution in [0.25, 0.3) is 0 Å². The monoisotopic (exact) mass is 425 g/mol. The molecule has 0 saturated heterocycles. The second kappa shape index (κ2) is 7.87. The zero-order valence-electron chi connectivity index (χ0n) is 16.1. The van der Waals surface area contributed by atoms with Gasteiger partial charge in [-0.2, -0.15) is 0 Å². The molecule has 0 spiro atoms. The second-order valence-corrected chi connectivity index (χ2v) is 7.99. The van der Waals surface area contributed by atoms with E-state index in [0.717, 1.165) is 12.1 Å². The molecule has 5 nitrogen and oxygen atoms in total. The van der Waals surface area contributed by atoms with E-state index in [1.807, 2.05) is 13.8 Å². The van der Waals surface area contributed by atoms with Crippen LogP contribution in [0, 0.1) is 11.6 Å². The van der Waals surface area contributed by atoms with Crippen LogP contribution < -0.4 is 10.2 Å². The number of fused-ring (bicyclic) bond motifs is 2. The van der Waals surface area contributed by atoms with Crippen molar-refractivity contribution in [2.24, 2.45) is 0 Å². The molecule has 152 valence electrons. The number of rotatable bonds is 3. The van der Waals surface area contributed by atoms with Gasteiger partial charge in [-0.05, 0) is 56.3 Å². The van der Waals surface area contributed by atoms with Crippen LogP contribution in [0.15, 0.2) is 64.6 Å². The zero-order chi connectivity index (χ0) is 21.4. The molecule has 0 radical (unpaired) electrons. The van der Waals surface area contributed by atoms with Crippen molar-refractivity contribution in [1.29, 1.82) is 0 Å². The summed E-state index contributed by atoms with van der Waals surface area (Å²) in [5.74, 6) is -2.93. The lowest BCUT2D eigenvalue weighted by Gasteiger charge is -2.27. The predicted molar refractivity (Wildman–Crippen MR) is 111 cm³/mol. The van der Waals surface area contributed by atoms with Crippen LogP contribution in [0.2, 0.25) is 0 Å². The molecular formula is C22H17F2N3O2S. The van der Waals surface area contributed by atoms with E-state index in [1.54, 1.807) is 41.4 Å². The number of nitrogens with one attached hydrogen (secondary N) is 1. The van der Waals surface area contributed by atoms with Crippen LogP contribution >= 0.6 is 11.8 Å². The number of pyridine rings is 1. The number of hydrogen-bond donors (Lipinski definition) is 1. The third-order valence-electron chi connectivity index (χ3n) is 4.61. The topological polar surface area (TPSA) is 62.3 Å². The fraction of sp³-hybridized carbons (Fsp3) is 0.136. The van der Waals surface area contributed by atoms with Crippen molar-refractivity contribution in [3.05, 3.63) is 77.5 Å². The van der Waals surface area contributed by atoms with Crippen LogP contribution in [0.4, 0.5) is 20.2 Å². The Morgan fingerprint density at radius 2 is 1.83 bits per heavy atom. The van der Waals surface area contributed by atoms with Gasteiger partial charge in [-0.3, -0.25) is 9.59 Å². The molecule has 1 aliphatic rings. The molecule has 1 aromatic heterocycles. The van der Waals surface area contributed by atoms with Crippen LogP contribution in [-0.4, -0.2) is 22.8 Å². The van der Waals surface area contributed by atoms with Gasteiger partial charge in [-0.15, -0.1) is 0 Å². The fourth-order valence-electron chi connectivity index (χ4n) is 3.27. The van der Waals surface area contributed by atoms with E-state index < -0.39 is 23.1 Å². The van der Waals surface area contributed by atoms with Gasteiger partial charge in [0.25, 0.3) is 11.8 Å². The van der Waals surface area contributed by atoms with E-state index in [-0.39, 0.29) is 11.9 Å². The predicted octanol–water partition coefficient (Wildman–Crippen LogP) is 5.13. The maximum Gasteiger partial charge on any atom is 0.261 e. The van der Waals surface area contributed by atoms with Crippen molar-refractivity contribution in [3.8, 4) is 0 Å². The maximum atomic E-state index is 13.9. The Hall–Kier alpha value is -3.26. The van der Waals surface area contributed by atoms with Crippen molar-refractivity contribution < 1.29 is 18.4 Å². The Labute approximate surface area is 176 Å². The average Bonchev–Trinajstić information content (AvgIpc) is 2.81. The molecule has 0 fully saturated rings. The molecule has 3 aromatic rings. The third kappa shape index (κ3) is 3.54. The third-order valence-corrected chi connectivity index (χ3v) is 5.68. The van der Waals surface area contributed by atoms with Gasteiger partial charge < -0.3 is 10.2 Å².